The molecular formula is C21H16Cl3F3N4O. The van der Waals surface area contributed by atoms with Crippen LogP contribution in [0, 0.1) is 0 Å². The van der Waals surface area contributed by atoms with Crippen LogP contribution in [-0.4, -0.2) is 21.9 Å². The first-order chi connectivity index (χ1) is 15.1. The van der Waals surface area contributed by atoms with Crippen molar-refractivity contribution in [3.63, 3.8) is 0 Å². The van der Waals surface area contributed by atoms with Crippen molar-refractivity contribution in [1.29, 1.82) is 0 Å². The van der Waals surface area contributed by atoms with Gasteiger partial charge in [0, 0.05) is 23.0 Å². The molecule has 0 spiro atoms. The van der Waals surface area contributed by atoms with Gasteiger partial charge in [0.15, 0.2) is 11.7 Å². The second kappa shape index (κ2) is 8.84. The molecule has 0 unspecified atom stereocenters. The molecule has 1 amide bonds. The molecule has 0 saturated heterocycles. The van der Waals surface area contributed by atoms with E-state index in [1.54, 1.807) is 48.5 Å². The van der Waals surface area contributed by atoms with Crippen molar-refractivity contribution in [2.75, 3.05) is 5.32 Å². The summed E-state index contributed by atoms with van der Waals surface area (Å²) in [5.74, 6) is -0.741. The molecule has 4 rings (SSSR count). The average Bonchev–Trinajstić information content (AvgIpc) is 3.09. The van der Waals surface area contributed by atoms with Crippen LogP contribution in [0.3, 0.4) is 0 Å². The van der Waals surface area contributed by atoms with Gasteiger partial charge in [0.25, 0.3) is 5.91 Å². The lowest BCUT2D eigenvalue weighted by molar-refractivity contribution is -0.173. The second-order valence-corrected chi connectivity index (χ2v) is 8.56. The van der Waals surface area contributed by atoms with Gasteiger partial charge >= 0.3 is 6.18 Å². The quantitative estimate of drug-likeness (QED) is 0.431. The molecule has 0 saturated carbocycles. The van der Waals surface area contributed by atoms with E-state index in [0.29, 0.717) is 15.6 Å². The van der Waals surface area contributed by atoms with Crippen molar-refractivity contribution in [1.82, 2.24) is 15.1 Å². The number of amides is 1. The van der Waals surface area contributed by atoms with Crippen LogP contribution in [0.25, 0.3) is 0 Å². The van der Waals surface area contributed by atoms with Gasteiger partial charge < -0.3 is 10.6 Å². The molecule has 0 radical (unpaired) electrons. The van der Waals surface area contributed by atoms with E-state index in [4.69, 9.17) is 34.8 Å². The van der Waals surface area contributed by atoms with E-state index in [0.717, 1.165) is 10.2 Å². The number of benzene rings is 2. The van der Waals surface area contributed by atoms with Crippen LogP contribution in [0.15, 0.2) is 48.5 Å². The van der Waals surface area contributed by atoms with Gasteiger partial charge in [-0.3, -0.25) is 4.79 Å². The SMILES string of the molecule is O=C(NCc1ccc(Cl)cc1)c1nn2c(c1Cl)N[C@@H](c1ccc(Cl)cc1)C[C@@H]2C(F)(F)F. The minimum atomic E-state index is -4.59. The Labute approximate surface area is 196 Å². The third-order valence-corrected chi connectivity index (χ3v) is 6.01. The molecule has 2 atom stereocenters. The highest BCUT2D eigenvalue weighted by atomic mass is 35.5. The Bertz CT molecular complexity index is 1130. The topological polar surface area (TPSA) is 59.0 Å². The molecule has 0 bridgehead atoms. The van der Waals surface area contributed by atoms with Crippen molar-refractivity contribution in [3.05, 3.63) is 80.4 Å². The summed E-state index contributed by atoms with van der Waals surface area (Å²) in [4.78, 5) is 12.6. The van der Waals surface area contributed by atoms with Crippen molar-refractivity contribution in [3.8, 4) is 0 Å². The Morgan fingerprint density at radius 1 is 1.06 bits per heavy atom. The highest BCUT2D eigenvalue weighted by Crippen LogP contribution is 2.46. The highest BCUT2D eigenvalue weighted by Gasteiger charge is 2.47. The van der Waals surface area contributed by atoms with E-state index in [-0.39, 0.29) is 29.5 Å². The van der Waals surface area contributed by atoms with Crippen molar-refractivity contribution < 1.29 is 18.0 Å². The Morgan fingerprint density at radius 2 is 1.66 bits per heavy atom. The van der Waals surface area contributed by atoms with E-state index in [2.05, 4.69) is 15.7 Å². The largest absolute Gasteiger partial charge is 0.410 e. The molecule has 5 nitrogen and oxygen atoms in total. The Hall–Kier alpha value is -2.42. The van der Waals surface area contributed by atoms with Crippen LogP contribution >= 0.6 is 34.8 Å². The average molecular weight is 504 g/mol. The summed E-state index contributed by atoms with van der Waals surface area (Å²) in [6, 6.07) is 10.6. The molecule has 11 heteroatoms. The zero-order chi connectivity index (χ0) is 23.0. The molecule has 0 fully saturated rings. The summed E-state index contributed by atoms with van der Waals surface area (Å²) >= 11 is 18.1. The predicted molar refractivity (Wildman–Crippen MR) is 117 cm³/mol. The molecule has 1 aliphatic rings. The molecule has 3 aromatic rings. The van der Waals surface area contributed by atoms with E-state index in [1.165, 1.54) is 0 Å². The number of hydrogen-bond donors (Lipinski definition) is 2. The van der Waals surface area contributed by atoms with E-state index in [1.807, 2.05) is 0 Å². The summed E-state index contributed by atoms with van der Waals surface area (Å²) in [5.41, 5.74) is 1.09. The first-order valence-corrected chi connectivity index (χ1v) is 10.7. The van der Waals surface area contributed by atoms with Crippen LogP contribution in [-0.2, 0) is 6.54 Å². The van der Waals surface area contributed by atoms with Gasteiger partial charge in [-0.2, -0.15) is 18.3 Å². The standard InChI is InChI=1S/C21H16Cl3F3N4O/c22-13-5-1-11(2-6-13)10-28-20(32)18-17(24)19-29-15(12-3-7-14(23)8-4-12)9-16(21(25,26)27)31(19)30-18/h1-8,15-16,29H,9-10H2,(H,28,32)/t15-,16-/m1/s1. The lowest BCUT2D eigenvalue weighted by Crippen LogP contribution is -2.35. The molecular weight excluding hydrogens is 488 g/mol. The van der Waals surface area contributed by atoms with Gasteiger partial charge in [-0.05, 0) is 35.4 Å². The van der Waals surface area contributed by atoms with Crippen LogP contribution in [0.1, 0.15) is 40.1 Å². The number of alkyl halides is 3. The highest BCUT2D eigenvalue weighted by molar-refractivity contribution is 6.36. The molecule has 32 heavy (non-hydrogen) atoms. The fourth-order valence-electron chi connectivity index (χ4n) is 3.52. The van der Waals surface area contributed by atoms with Crippen LogP contribution in [0.4, 0.5) is 19.0 Å². The fraction of sp³-hybridized carbons (Fsp3) is 0.238. The van der Waals surface area contributed by atoms with Crippen LogP contribution in [0.2, 0.25) is 15.1 Å². The molecule has 2 N–H and O–H groups in total. The minimum absolute atomic E-state index is 0.0585. The summed E-state index contributed by atoms with van der Waals surface area (Å²) in [6.45, 7) is 0.137. The summed E-state index contributed by atoms with van der Waals surface area (Å²) < 4.78 is 42.3. The first-order valence-electron chi connectivity index (χ1n) is 9.53. The number of carbonyl (C=O) groups is 1. The lowest BCUT2D eigenvalue weighted by atomic mass is 9.97. The van der Waals surface area contributed by atoms with Gasteiger partial charge in [-0.1, -0.05) is 59.1 Å². The van der Waals surface area contributed by atoms with E-state index in [9.17, 15) is 18.0 Å². The van der Waals surface area contributed by atoms with Crippen molar-refractivity contribution >= 4 is 46.5 Å². The maximum Gasteiger partial charge on any atom is 0.410 e. The lowest BCUT2D eigenvalue weighted by Gasteiger charge is -2.33. The Balaban J connectivity index is 1.62. The number of nitrogens with zero attached hydrogens (tertiary/aromatic N) is 2. The summed E-state index contributed by atoms with van der Waals surface area (Å²) in [6.07, 6.45) is -4.91. The van der Waals surface area contributed by atoms with Gasteiger partial charge in [-0.15, -0.1) is 0 Å². The third-order valence-electron chi connectivity index (χ3n) is 5.15. The maximum atomic E-state index is 13.9. The molecule has 2 aromatic carbocycles. The molecule has 2 heterocycles. The van der Waals surface area contributed by atoms with E-state index < -0.39 is 24.2 Å². The fourth-order valence-corrected chi connectivity index (χ4v) is 4.03. The van der Waals surface area contributed by atoms with Gasteiger partial charge in [0.1, 0.15) is 10.8 Å². The monoisotopic (exact) mass is 502 g/mol. The zero-order valence-corrected chi connectivity index (χ0v) is 18.5. The Kier molecular flexibility index (Phi) is 6.29. The number of fused-ring (bicyclic) bond motifs is 1. The van der Waals surface area contributed by atoms with Crippen molar-refractivity contribution in [2.45, 2.75) is 31.2 Å². The van der Waals surface area contributed by atoms with Gasteiger partial charge in [0.2, 0.25) is 0 Å². The summed E-state index contributed by atoms with van der Waals surface area (Å²) in [7, 11) is 0. The van der Waals surface area contributed by atoms with Crippen molar-refractivity contribution in [2.24, 2.45) is 0 Å². The van der Waals surface area contributed by atoms with Crippen LogP contribution < -0.4 is 10.6 Å². The molecule has 0 aliphatic carbocycles. The number of hydrogen-bond acceptors (Lipinski definition) is 3. The van der Waals surface area contributed by atoms with Gasteiger partial charge in [-0.25, -0.2) is 4.68 Å². The van der Waals surface area contributed by atoms with E-state index >= 15 is 0 Å². The summed E-state index contributed by atoms with van der Waals surface area (Å²) in [5, 5.41) is 10.4. The number of nitrogens with one attached hydrogen (secondary N) is 2. The predicted octanol–water partition coefficient (Wildman–Crippen LogP) is 6.43. The normalized spacial score (nSPS) is 18.1. The maximum absolute atomic E-state index is 13.9. The smallest absolute Gasteiger partial charge is 0.362 e. The number of aromatic nitrogens is 2. The van der Waals surface area contributed by atoms with Gasteiger partial charge in [0.05, 0.1) is 6.04 Å². The molecule has 168 valence electrons. The number of carbonyl (C=O) groups excluding carboxylic acids is 1. The van der Waals surface area contributed by atoms with Crippen LogP contribution in [0.5, 0.6) is 0 Å². The zero-order valence-electron chi connectivity index (χ0n) is 16.3. The Morgan fingerprint density at radius 3 is 2.25 bits per heavy atom. The molecule has 1 aromatic heterocycles. The molecule has 1 aliphatic heterocycles. The number of rotatable bonds is 4. The minimum Gasteiger partial charge on any atom is -0.362 e. The third kappa shape index (κ3) is 4.67. The second-order valence-electron chi connectivity index (χ2n) is 7.31. The first kappa shape index (κ1) is 22.8. The number of halogens is 6. The number of anilines is 1.